The molecule has 30 heavy (non-hydrogen) atoms. The van der Waals surface area contributed by atoms with Gasteiger partial charge in [0.2, 0.25) is 0 Å². The molecule has 0 bridgehead atoms. The average molecular weight is 431 g/mol. The van der Waals surface area contributed by atoms with Gasteiger partial charge in [0, 0.05) is 12.4 Å². The molecule has 4 heterocycles. The average Bonchev–Trinajstić information content (AvgIpc) is 2.71. The van der Waals surface area contributed by atoms with Crippen molar-refractivity contribution in [3.63, 3.8) is 0 Å². The Morgan fingerprint density at radius 3 is 2.27 bits per heavy atom. The monoisotopic (exact) mass is 431 g/mol. The van der Waals surface area contributed by atoms with Crippen molar-refractivity contribution >= 4 is 33.9 Å². The predicted octanol–water partition coefficient (Wildman–Crippen LogP) is -2.82. The molecule has 0 radical (unpaired) electrons. The Morgan fingerprint density at radius 1 is 1.07 bits per heavy atom. The maximum atomic E-state index is 12.8. The summed E-state index contributed by atoms with van der Waals surface area (Å²) in [4.78, 5) is 33.3. The van der Waals surface area contributed by atoms with Crippen molar-refractivity contribution in [2.75, 3.05) is 5.75 Å². The fraction of sp³-hybridized carbons (Fsp3) is 0.100. The molecule has 4 rings (SSSR count). The van der Waals surface area contributed by atoms with Gasteiger partial charge in [0.05, 0.1) is 34.4 Å². The van der Waals surface area contributed by atoms with E-state index in [1.54, 1.807) is 42.6 Å². The molecule has 0 N–H and O–H groups in total. The second-order valence-corrected chi connectivity index (χ2v) is 8.50. The van der Waals surface area contributed by atoms with E-state index >= 15 is 0 Å². The molecular formula is C20H14N3NaO5S. The van der Waals surface area contributed by atoms with Crippen molar-refractivity contribution in [2.45, 2.75) is 5.37 Å². The van der Waals surface area contributed by atoms with E-state index in [-0.39, 0.29) is 40.7 Å². The number of hydrogen-bond donors (Lipinski definition) is 0. The molecule has 0 aliphatic carbocycles. The molecule has 1 saturated heterocycles. The third-order valence-corrected chi connectivity index (χ3v) is 6.39. The zero-order valence-electron chi connectivity index (χ0n) is 15.9. The molecule has 1 fully saturated rings. The summed E-state index contributed by atoms with van der Waals surface area (Å²) < 4.78 is 25.7. The number of carboxylic acid groups (broad SMARTS) is 1. The molecule has 2 aromatic heterocycles. The number of carbonyl (C=O) groups excluding carboxylic acids is 2. The number of aliphatic carboxylic acids is 1. The SMILES string of the molecule is O=C([O-])C1=C(/C=C/c2ccccn2)CS(=O)(=O)[C@@H]2/C(=C\c3ccccn3)C(=O)N12.[Na+]. The Balaban J connectivity index is 0.00000256. The second kappa shape index (κ2) is 8.65. The van der Waals surface area contributed by atoms with E-state index in [1.807, 2.05) is 0 Å². The largest absolute Gasteiger partial charge is 1.00 e. The van der Waals surface area contributed by atoms with E-state index in [0.29, 0.717) is 11.4 Å². The number of aromatic nitrogens is 2. The predicted molar refractivity (Wildman–Crippen MR) is 102 cm³/mol. The third kappa shape index (κ3) is 4.01. The molecule has 0 unspecified atom stereocenters. The van der Waals surface area contributed by atoms with Gasteiger partial charge in [-0.25, -0.2) is 8.42 Å². The van der Waals surface area contributed by atoms with Crippen LogP contribution in [0.2, 0.25) is 0 Å². The number of β-lactam (4-membered cyclic amide) rings is 1. The van der Waals surface area contributed by atoms with Gasteiger partial charge in [0.1, 0.15) is 0 Å². The van der Waals surface area contributed by atoms with Gasteiger partial charge in [-0.1, -0.05) is 18.2 Å². The fourth-order valence-corrected chi connectivity index (χ4v) is 5.19. The van der Waals surface area contributed by atoms with Gasteiger partial charge in [-0.15, -0.1) is 0 Å². The number of hydrogen-bond acceptors (Lipinski definition) is 7. The molecule has 1 atom stereocenters. The Labute approximate surface area is 194 Å². The maximum Gasteiger partial charge on any atom is 1.00 e. The molecule has 0 saturated carbocycles. The fourth-order valence-electron chi connectivity index (χ4n) is 3.29. The first-order chi connectivity index (χ1) is 13.9. The van der Waals surface area contributed by atoms with Gasteiger partial charge in [0.15, 0.2) is 15.2 Å². The van der Waals surface area contributed by atoms with Gasteiger partial charge < -0.3 is 9.90 Å². The number of fused-ring (bicyclic) bond motifs is 1. The first kappa shape index (κ1) is 22.1. The summed E-state index contributed by atoms with van der Waals surface area (Å²) in [6.07, 6.45) is 7.26. The smallest absolute Gasteiger partial charge is 0.543 e. The van der Waals surface area contributed by atoms with Crippen LogP contribution in [0.1, 0.15) is 11.4 Å². The van der Waals surface area contributed by atoms with Crippen molar-refractivity contribution in [1.29, 1.82) is 0 Å². The minimum atomic E-state index is -3.86. The number of amides is 1. The molecule has 2 aliphatic rings. The zero-order chi connectivity index (χ0) is 20.6. The summed E-state index contributed by atoms with van der Waals surface area (Å²) in [7, 11) is -3.86. The first-order valence-corrected chi connectivity index (χ1v) is 10.3. The Kier molecular flexibility index (Phi) is 6.37. The van der Waals surface area contributed by atoms with Crippen LogP contribution in [0.3, 0.4) is 0 Å². The van der Waals surface area contributed by atoms with Crippen molar-refractivity contribution in [1.82, 2.24) is 14.9 Å². The number of carbonyl (C=O) groups is 2. The summed E-state index contributed by atoms with van der Waals surface area (Å²) in [5, 5.41) is 10.4. The van der Waals surface area contributed by atoms with Gasteiger partial charge in [-0.05, 0) is 42.0 Å². The first-order valence-electron chi connectivity index (χ1n) is 8.60. The Hall–Kier alpha value is -2.59. The minimum absolute atomic E-state index is 0. The van der Waals surface area contributed by atoms with Crippen LogP contribution in [-0.4, -0.2) is 46.3 Å². The standard InChI is InChI=1S/C20H15N3O5S.Na/c24-18-16(11-15-6-2-4-10-22-15)19-23(18)17(20(25)26)13(12-29(19,27)28)7-8-14-5-1-3-9-21-14;/h1-11,19H,12H2,(H,25,26);/q;+1/p-1/b8-7+,16-11-;/t19-;/m1./s1. The van der Waals surface area contributed by atoms with Gasteiger partial charge in [-0.2, -0.15) is 0 Å². The van der Waals surface area contributed by atoms with E-state index in [4.69, 9.17) is 0 Å². The van der Waals surface area contributed by atoms with Crippen LogP contribution in [0.5, 0.6) is 0 Å². The van der Waals surface area contributed by atoms with E-state index in [0.717, 1.165) is 4.90 Å². The molecule has 0 aromatic carbocycles. The quantitative estimate of drug-likeness (QED) is 0.291. The van der Waals surface area contributed by atoms with Gasteiger partial charge in [0.25, 0.3) is 5.91 Å². The Morgan fingerprint density at radius 2 is 1.70 bits per heavy atom. The molecule has 2 aromatic rings. The number of pyridine rings is 2. The van der Waals surface area contributed by atoms with Crippen LogP contribution in [0.15, 0.2) is 71.7 Å². The number of allylic oxidation sites excluding steroid dienone is 1. The molecular weight excluding hydrogens is 417 g/mol. The molecule has 1 amide bonds. The summed E-state index contributed by atoms with van der Waals surface area (Å²) >= 11 is 0. The van der Waals surface area contributed by atoms with Crippen molar-refractivity contribution < 1.29 is 52.7 Å². The van der Waals surface area contributed by atoms with Crippen LogP contribution in [-0.2, 0) is 19.4 Å². The summed E-state index contributed by atoms with van der Waals surface area (Å²) in [6.45, 7) is 0. The zero-order valence-corrected chi connectivity index (χ0v) is 18.7. The molecule has 0 spiro atoms. The summed E-state index contributed by atoms with van der Waals surface area (Å²) in [5.74, 6) is -2.85. The number of carboxylic acids is 1. The minimum Gasteiger partial charge on any atom is -0.543 e. The topological polar surface area (TPSA) is 120 Å². The normalized spacial score (nSPS) is 21.2. The van der Waals surface area contributed by atoms with Crippen LogP contribution in [0.25, 0.3) is 12.2 Å². The number of nitrogens with zero attached hydrogens (tertiary/aromatic N) is 3. The van der Waals surface area contributed by atoms with E-state index in [2.05, 4.69) is 9.97 Å². The summed E-state index contributed by atoms with van der Waals surface area (Å²) in [5.41, 5.74) is 0.431. The Bertz CT molecular complexity index is 1190. The van der Waals surface area contributed by atoms with Crippen molar-refractivity contribution in [3.8, 4) is 0 Å². The number of sulfone groups is 1. The van der Waals surface area contributed by atoms with Crippen molar-refractivity contribution in [3.05, 3.63) is 83.1 Å². The maximum absolute atomic E-state index is 12.8. The van der Waals surface area contributed by atoms with Crippen LogP contribution in [0, 0.1) is 0 Å². The van der Waals surface area contributed by atoms with Crippen LogP contribution in [0.4, 0.5) is 0 Å². The molecule has 146 valence electrons. The molecule has 10 heteroatoms. The van der Waals surface area contributed by atoms with Crippen LogP contribution >= 0.6 is 0 Å². The van der Waals surface area contributed by atoms with E-state index < -0.39 is 38.5 Å². The van der Waals surface area contributed by atoms with Crippen molar-refractivity contribution in [2.24, 2.45) is 0 Å². The van der Waals surface area contributed by atoms with E-state index in [1.165, 1.54) is 24.4 Å². The van der Waals surface area contributed by atoms with Gasteiger partial charge in [-0.3, -0.25) is 19.7 Å². The molecule has 2 aliphatic heterocycles. The second-order valence-electron chi connectivity index (χ2n) is 6.44. The molecule has 8 nitrogen and oxygen atoms in total. The van der Waals surface area contributed by atoms with Gasteiger partial charge >= 0.3 is 29.6 Å². The van der Waals surface area contributed by atoms with Crippen LogP contribution < -0.4 is 34.7 Å². The number of rotatable bonds is 4. The summed E-state index contributed by atoms with van der Waals surface area (Å²) in [6, 6.07) is 10.1. The van der Waals surface area contributed by atoms with E-state index in [9.17, 15) is 23.1 Å². The third-order valence-electron chi connectivity index (χ3n) is 4.54.